The number of benzene rings is 1. The highest BCUT2D eigenvalue weighted by Crippen LogP contribution is 2.57. The summed E-state index contributed by atoms with van der Waals surface area (Å²) < 4.78 is 12.2. The molecule has 3 aliphatic heterocycles. The van der Waals surface area contributed by atoms with Gasteiger partial charge in [-0.1, -0.05) is 36.8 Å². The molecular formula is C21H30O5. The van der Waals surface area contributed by atoms with Gasteiger partial charge in [-0.25, -0.2) is 9.78 Å². The van der Waals surface area contributed by atoms with Crippen molar-refractivity contribution in [2.75, 3.05) is 13.7 Å². The van der Waals surface area contributed by atoms with Gasteiger partial charge in [0.25, 0.3) is 0 Å². The molecule has 5 heteroatoms. The number of hydrogen-bond donors (Lipinski definition) is 1. The van der Waals surface area contributed by atoms with Crippen LogP contribution in [0.2, 0.25) is 0 Å². The zero-order valence-electron chi connectivity index (χ0n) is 15.7. The van der Waals surface area contributed by atoms with Gasteiger partial charge in [-0.15, -0.1) is 0 Å². The van der Waals surface area contributed by atoms with Gasteiger partial charge in [-0.2, -0.15) is 0 Å². The molecule has 1 aromatic rings. The Hall–Kier alpha value is -0.980. The van der Waals surface area contributed by atoms with Crippen LogP contribution in [-0.4, -0.2) is 36.5 Å². The van der Waals surface area contributed by atoms with Crippen molar-refractivity contribution >= 4 is 0 Å². The van der Waals surface area contributed by atoms with E-state index < -0.39 is 17.7 Å². The van der Waals surface area contributed by atoms with Gasteiger partial charge >= 0.3 is 0 Å². The number of hydrogen-bond acceptors (Lipinski definition) is 5. The smallest absolute Gasteiger partial charge is 0.204 e. The topological polar surface area (TPSA) is 57.2 Å². The van der Waals surface area contributed by atoms with E-state index in [1.54, 1.807) is 7.11 Å². The van der Waals surface area contributed by atoms with E-state index in [0.717, 1.165) is 32.1 Å². The van der Waals surface area contributed by atoms with E-state index in [4.69, 9.17) is 19.2 Å². The number of aliphatic hydroxyl groups is 1. The van der Waals surface area contributed by atoms with Gasteiger partial charge in [0.2, 0.25) is 5.79 Å². The maximum atomic E-state index is 9.58. The van der Waals surface area contributed by atoms with E-state index in [1.807, 2.05) is 13.0 Å². The third kappa shape index (κ3) is 2.90. The average Bonchev–Trinajstić information content (AvgIpc) is 2.84. The second kappa shape index (κ2) is 7.21. The van der Waals surface area contributed by atoms with Gasteiger partial charge in [0, 0.05) is 19.6 Å². The normalized spacial score (nSPS) is 42.3. The van der Waals surface area contributed by atoms with Crippen molar-refractivity contribution in [1.82, 2.24) is 0 Å². The summed E-state index contributed by atoms with van der Waals surface area (Å²) in [5.41, 5.74) is 0.655. The highest BCUT2D eigenvalue weighted by atomic mass is 17.3. The summed E-state index contributed by atoms with van der Waals surface area (Å²) in [6, 6.07) is 10.5. The first kappa shape index (κ1) is 18.4. The minimum Gasteiger partial charge on any atom is -0.396 e. The summed E-state index contributed by atoms with van der Waals surface area (Å²) >= 11 is 0. The maximum absolute atomic E-state index is 9.58. The van der Waals surface area contributed by atoms with E-state index in [2.05, 4.69) is 24.3 Å². The number of fused-ring (bicyclic) bond motifs is 3. The van der Waals surface area contributed by atoms with Crippen LogP contribution in [-0.2, 0) is 25.7 Å². The molecule has 4 aliphatic rings. The first-order valence-electron chi connectivity index (χ1n) is 9.84. The number of ether oxygens (including phenoxy) is 2. The fourth-order valence-corrected chi connectivity index (χ4v) is 5.38. The van der Waals surface area contributed by atoms with Crippen molar-refractivity contribution < 1.29 is 24.4 Å². The first-order valence-corrected chi connectivity index (χ1v) is 9.84. The van der Waals surface area contributed by atoms with Gasteiger partial charge < -0.3 is 14.6 Å². The minimum absolute atomic E-state index is 0.143. The van der Waals surface area contributed by atoms with E-state index in [0.29, 0.717) is 12.3 Å². The molecule has 3 saturated heterocycles. The molecule has 144 valence electrons. The predicted molar refractivity (Wildman–Crippen MR) is 96.0 cm³/mol. The minimum atomic E-state index is -0.830. The Morgan fingerprint density at radius 3 is 2.69 bits per heavy atom. The first-order chi connectivity index (χ1) is 12.6. The van der Waals surface area contributed by atoms with Crippen molar-refractivity contribution in [3.8, 4) is 0 Å². The standard InChI is InChI=1S/C21H30O5/c1-20-18(13-15-7-4-3-5-8-15)14-17-10-6-9-16(11-12-22)21(17,26-25-20)19(23-2)24-20/h3-5,7-8,16-19,22H,6,9-14H2,1-2H3/t16-,17+,18?,19-,20-,21?/m0/s1. The number of rotatable bonds is 5. The van der Waals surface area contributed by atoms with Crippen molar-refractivity contribution in [3.63, 3.8) is 0 Å². The summed E-state index contributed by atoms with van der Waals surface area (Å²) in [6.45, 7) is 2.11. The van der Waals surface area contributed by atoms with Gasteiger partial charge in [0.1, 0.15) is 0 Å². The van der Waals surface area contributed by atoms with E-state index in [1.165, 1.54) is 5.56 Å². The van der Waals surface area contributed by atoms with Crippen molar-refractivity contribution in [2.24, 2.45) is 17.8 Å². The number of aliphatic hydroxyl groups excluding tert-OH is 1. The molecule has 1 spiro atoms. The second-order valence-electron chi connectivity index (χ2n) is 8.18. The summed E-state index contributed by atoms with van der Waals surface area (Å²) in [4.78, 5) is 12.1. The van der Waals surface area contributed by atoms with Crippen molar-refractivity contribution in [3.05, 3.63) is 35.9 Å². The van der Waals surface area contributed by atoms with Gasteiger partial charge in [-0.05, 0) is 56.4 Å². The Morgan fingerprint density at radius 2 is 1.96 bits per heavy atom. The predicted octanol–water partition coefficient (Wildman–Crippen LogP) is 3.45. The van der Waals surface area contributed by atoms with Crippen LogP contribution in [0.3, 0.4) is 0 Å². The third-order valence-corrected chi connectivity index (χ3v) is 6.77. The van der Waals surface area contributed by atoms with Gasteiger partial charge in [0.15, 0.2) is 11.9 Å². The molecule has 3 heterocycles. The third-order valence-electron chi connectivity index (χ3n) is 6.77. The fourth-order valence-electron chi connectivity index (χ4n) is 5.38. The summed E-state index contributed by atoms with van der Waals surface area (Å²) in [5, 5.41) is 9.58. The Labute approximate surface area is 155 Å². The van der Waals surface area contributed by atoms with Crippen molar-refractivity contribution in [2.45, 2.75) is 63.1 Å². The second-order valence-corrected chi connectivity index (χ2v) is 8.18. The van der Waals surface area contributed by atoms with Crippen LogP contribution in [0.15, 0.2) is 30.3 Å². The van der Waals surface area contributed by atoms with Crippen LogP contribution >= 0.6 is 0 Å². The van der Waals surface area contributed by atoms with Crippen LogP contribution in [0, 0.1) is 17.8 Å². The highest BCUT2D eigenvalue weighted by Gasteiger charge is 2.65. The highest BCUT2D eigenvalue weighted by molar-refractivity contribution is 5.17. The zero-order chi connectivity index (χ0) is 18.2. The molecule has 0 amide bonds. The molecule has 5 rings (SSSR count). The van der Waals surface area contributed by atoms with Gasteiger partial charge in [0.05, 0.1) is 0 Å². The SMILES string of the molecule is CO[C@H]1O[C@@]2(C)OOC13[C@H](CCO)CCC[C@@H]3CC2Cc1ccccc1. The molecule has 2 bridgehead atoms. The maximum Gasteiger partial charge on any atom is 0.204 e. The largest absolute Gasteiger partial charge is 0.396 e. The summed E-state index contributed by atoms with van der Waals surface area (Å²) in [5.74, 6) is -0.167. The molecule has 1 N–H and O–H groups in total. The molecule has 5 nitrogen and oxygen atoms in total. The lowest BCUT2D eigenvalue weighted by Gasteiger charge is -2.53. The molecule has 1 aromatic carbocycles. The Balaban J connectivity index is 1.68. The van der Waals surface area contributed by atoms with Crippen molar-refractivity contribution in [1.29, 1.82) is 0 Å². The molecule has 0 radical (unpaired) electrons. The molecule has 6 atom stereocenters. The monoisotopic (exact) mass is 362 g/mol. The molecule has 1 saturated carbocycles. The lowest BCUT2D eigenvalue weighted by Crippen LogP contribution is -2.63. The molecule has 1 aliphatic carbocycles. The quantitative estimate of drug-likeness (QED) is 0.813. The number of methoxy groups -OCH3 is 1. The van der Waals surface area contributed by atoms with E-state index in [9.17, 15) is 5.11 Å². The Morgan fingerprint density at radius 1 is 1.15 bits per heavy atom. The van der Waals surface area contributed by atoms with Crippen LogP contribution < -0.4 is 0 Å². The molecular weight excluding hydrogens is 332 g/mol. The molecule has 26 heavy (non-hydrogen) atoms. The Bertz CT molecular complexity index is 606. The molecule has 4 fully saturated rings. The lowest BCUT2D eigenvalue weighted by atomic mass is 9.64. The van der Waals surface area contributed by atoms with Crippen LogP contribution in [0.1, 0.15) is 44.6 Å². The summed E-state index contributed by atoms with van der Waals surface area (Å²) in [7, 11) is 1.68. The van der Waals surface area contributed by atoms with Gasteiger partial charge in [-0.3, -0.25) is 0 Å². The van der Waals surface area contributed by atoms with Crippen LogP contribution in [0.25, 0.3) is 0 Å². The van der Waals surface area contributed by atoms with E-state index >= 15 is 0 Å². The fraction of sp³-hybridized carbons (Fsp3) is 0.714. The molecule has 0 aromatic heterocycles. The van der Waals surface area contributed by atoms with Crippen LogP contribution in [0.4, 0.5) is 0 Å². The lowest BCUT2D eigenvalue weighted by molar-refractivity contribution is -0.560. The molecule has 2 unspecified atom stereocenters. The zero-order valence-corrected chi connectivity index (χ0v) is 15.7. The average molecular weight is 362 g/mol. The van der Waals surface area contributed by atoms with E-state index in [-0.39, 0.29) is 18.4 Å². The Kier molecular flexibility index (Phi) is 5.10. The van der Waals surface area contributed by atoms with Crippen LogP contribution in [0.5, 0.6) is 0 Å². The summed E-state index contributed by atoms with van der Waals surface area (Å²) in [6.07, 6.45) is 5.31.